The topological polar surface area (TPSA) is 64.8 Å². The Kier molecular flexibility index (Phi) is 4.04. The normalized spacial score (nSPS) is 30.2. The van der Waals surface area contributed by atoms with Gasteiger partial charge < -0.3 is 20.1 Å². The minimum absolute atomic E-state index is 0.0311. The Hall–Kier alpha value is -0.810. The van der Waals surface area contributed by atoms with Crippen molar-refractivity contribution in [2.24, 2.45) is 5.73 Å². The van der Waals surface area contributed by atoms with Crippen LogP contribution in [0.5, 0.6) is 0 Å². The molecule has 17 heavy (non-hydrogen) atoms. The van der Waals surface area contributed by atoms with E-state index < -0.39 is 11.3 Å². The molecule has 2 N–H and O–H groups in total. The number of likely N-dealkylation sites (tertiary alicyclic amines) is 1. The lowest BCUT2D eigenvalue weighted by Crippen LogP contribution is -2.57. The summed E-state index contributed by atoms with van der Waals surface area (Å²) in [5.74, 6) is 0. The molecule has 100 valence electrons. The van der Waals surface area contributed by atoms with Gasteiger partial charge in [-0.3, -0.25) is 0 Å². The first-order chi connectivity index (χ1) is 7.67. The van der Waals surface area contributed by atoms with E-state index in [1.54, 1.807) is 12.0 Å². The maximum absolute atomic E-state index is 11.9. The van der Waals surface area contributed by atoms with Crippen LogP contribution in [0.25, 0.3) is 0 Å². The summed E-state index contributed by atoms with van der Waals surface area (Å²) in [5.41, 5.74) is 4.96. The van der Waals surface area contributed by atoms with Crippen LogP contribution in [0, 0.1) is 0 Å². The van der Waals surface area contributed by atoms with E-state index in [1.165, 1.54) is 0 Å². The summed E-state index contributed by atoms with van der Waals surface area (Å²) in [6.07, 6.45) is 0.985. The van der Waals surface area contributed by atoms with Crippen LogP contribution in [0.4, 0.5) is 4.79 Å². The van der Waals surface area contributed by atoms with Crippen LogP contribution in [0.3, 0.4) is 0 Å². The second kappa shape index (κ2) is 4.82. The predicted molar refractivity (Wildman–Crippen MR) is 65.6 cm³/mol. The molecule has 0 bridgehead atoms. The fourth-order valence-corrected chi connectivity index (χ4v) is 2.02. The van der Waals surface area contributed by atoms with Crippen molar-refractivity contribution in [3.05, 3.63) is 0 Å². The molecule has 1 heterocycles. The van der Waals surface area contributed by atoms with Crippen molar-refractivity contribution in [3.63, 3.8) is 0 Å². The zero-order valence-electron chi connectivity index (χ0n) is 11.4. The van der Waals surface area contributed by atoms with E-state index in [-0.39, 0.29) is 12.1 Å². The van der Waals surface area contributed by atoms with Gasteiger partial charge in [0.15, 0.2) is 0 Å². The molecule has 0 aromatic heterocycles. The molecule has 1 aliphatic heterocycles. The second-order valence-electron chi connectivity index (χ2n) is 5.75. The van der Waals surface area contributed by atoms with E-state index in [2.05, 4.69) is 0 Å². The van der Waals surface area contributed by atoms with E-state index in [0.717, 1.165) is 0 Å². The molecular weight excluding hydrogens is 220 g/mol. The van der Waals surface area contributed by atoms with Crippen molar-refractivity contribution in [1.29, 1.82) is 0 Å². The van der Waals surface area contributed by atoms with Crippen LogP contribution in [0.15, 0.2) is 0 Å². The van der Waals surface area contributed by atoms with E-state index in [1.807, 2.05) is 27.7 Å². The van der Waals surface area contributed by atoms with Crippen LogP contribution in [-0.4, -0.2) is 42.0 Å². The average molecular weight is 244 g/mol. The van der Waals surface area contributed by atoms with E-state index >= 15 is 0 Å². The van der Waals surface area contributed by atoms with Gasteiger partial charge >= 0.3 is 6.09 Å². The van der Waals surface area contributed by atoms with Gasteiger partial charge in [-0.25, -0.2) is 4.79 Å². The van der Waals surface area contributed by atoms with Gasteiger partial charge in [-0.05, 0) is 27.7 Å². The Bertz CT molecular complexity index is 288. The molecule has 0 aromatic carbocycles. The standard InChI is InChI=1S/C12H24N2O3/c1-9-8-12(13,16-5)6-7-14(9)10(15)17-11(2,3)4/h9H,6-8,13H2,1-5H3. The highest BCUT2D eigenvalue weighted by molar-refractivity contribution is 5.68. The van der Waals surface area contributed by atoms with Crippen molar-refractivity contribution in [2.75, 3.05) is 13.7 Å². The summed E-state index contributed by atoms with van der Waals surface area (Å²) >= 11 is 0. The first kappa shape index (κ1) is 14.3. The van der Waals surface area contributed by atoms with Crippen molar-refractivity contribution in [3.8, 4) is 0 Å². The Balaban J connectivity index is 2.61. The third-order valence-corrected chi connectivity index (χ3v) is 2.98. The molecule has 0 saturated carbocycles. The fraction of sp³-hybridized carbons (Fsp3) is 0.917. The van der Waals surface area contributed by atoms with Gasteiger partial charge in [0, 0.05) is 32.5 Å². The summed E-state index contributed by atoms with van der Waals surface area (Å²) in [6.45, 7) is 8.12. The van der Waals surface area contributed by atoms with Crippen molar-refractivity contribution in [2.45, 2.75) is 57.9 Å². The number of hydrogen-bond donors (Lipinski definition) is 1. The van der Waals surface area contributed by atoms with Crippen LogP contribution >= 0.6 is 0 Å². The number of nitrogens with zero attached hydrogens (tertiary/aromatic N) is 1. The van der Waals surface area contributed by atoms with E-state index in [0.29, 0.717) is 19.4 Å². The number of hydrogen-bond acceptors (Lipinski definition) is 4. The molecule has 1 rings (SSSR count). The highest BCUT2D eigenvalue weighted by atomic mass is 16.6. The zero-order chi connectivity index (χ0) is 13.3. The van der Waals surface area contributed by atoms with Crippen molar-refractivity contribution < 1.29 is 14.3 Å². The number of methoxy groups -OCH3 is 1. The number of nitrogens with two attached hydrogens (primary N) is 1. The number of rotatable bonds is 1. The molecule has 0 aliphatic carbocycles. The molecular formula is C12H24N2O3. The molecule has 0 spiro atoms. The smallest absolute Gasteiger partial charge is 0.410 e. The predicted octanol–water partition coefficient (Wildman–Crippen LogP) is 1.71. The van der Waals surface area contributed by atoms with Crippen molar-refractivity contribution in [1.82, 2.24) is 4.90 Å². The average Bonchev–Trinajstić information content (AvgIpc) is 2.14. The Morgan fingerprint density at radius 1 is 1.47 bits per heavy atom. The molecule has 2 atom stereocenters. The SMILES string of the molecule is COC1(N)CCN(C(=O)OC(C)(C)C)C(C)C1. The molecule has 5 heteroatoms. The lowest BCUT2D eigenvalue weighted by atomic mass is 9.95. The largest absolute Gasteiger partial charge is 0.444 e. The van der Waals surface area contributed by atoms with Gasteiger partial charge in [0.05, 0.1) is 0 Å². The van der Waals surface area contributed by atoms with Gasteiger partial charge in [-0.1, -0.05) is 0 Å². The van der Waals surface area contributed by atoms with Crippen LogP contribution in [-0.2, 0) is 9.47 Å². The van der Waals surface area contributed by atoms with Gasteiger partial charge in [-0.15, -0.1) is 0 Å². The van der Waals surface area contributed by atoms with Gasteiger partial charge in [0.25, 0.3) is 0 Å². The van der Waals surface area contributed by atoms with Crippen LogP contribution in [0.2, 0.25) is 0 Å². The quantitative estimate of drug-likeness (QED) is 0.713. The fourth-order valence-electron chi connectivity index (χ4n) is 2.02. The summed E-state index contributed by atoms with van der Waals surface area (Å²) < 4.78 is 10.6. The number of carbonyl (C=O) groups is 1. The summed E-state index contributed by atoms with van der Waals surface area (Å²) in [7, 11) is 1.61. The third-order valence-electron chi connectivity index (χ3n) is 2.98. The third kappa shape index (κ3) is 3.85. The van der Waals surface area contributed by atoms with Gasteiger partial charge in [-0.2, -0.15) is 0 Å². The number of piperidine rings is 1. The monoisotopic (exact) mass is 244 g/mol. The molecule has 1 fully saturated rings. The van der Waals surface area contributed by atoms with Gasteiger partial charge in [0.1, 0.15) is 11.3 Å². The van der Waals surface area contributed by atoms with Gasteiger partial charge in [0.2, 0.25) is 0 Å². The van der Waals surface area contributed by atoms with Crippen LogP contribution in [0.1, 0.15) is 40.5 Å². The lowest BCUT2D eigenvalue weighted by Gasteiger charge is -2.42. The maximum Gasteiger partial charge on any atom is 0.410 e. The zero-order valence-corrected chi connectivity index (χ0v) is 11.4. The minimum atomic E-state index is -0.613. The van der Waals surface area contributed by atoms with E-state index in [4.69, 9.17) is 15.2 Å². The Morgan fingerprint density at radius 3 is 2.47 bits per heavy atom. The molecule has 1 aliphatic rings. The molecule has 1 saturated heterocycles. The molecule has 0 radical (unpaired) electrons. The Morgan fingerprint density at radius 2 is 2.06 bits per heavy atom. The first-order valence-electron chi connectivity index (χ1n) is 6.00. The van der Waals surface area contributed by atoms with Crippen LogP contribution < -0.4 is 5.73 Å². The summed E-state index contributed by atoms with van der Waals surface area (Å²) in [4.78, 5) is 13.7. The Labute approximate surface area is 103 Å². The lowest BCUT2D eigenvalue weighted by molar-refractivity contribution is -0.0720. The summed E-state index contributed by atoms with van der Waals surface area (Å²) in [6, 6.07) is 0.0311. The molecule has 2 unspecified atom stereocenters. The molecule has 0 aromatic rings. The minimum Gasteiger partial charge on any atom is -0.444 e. The van der Waals surface area contributed by atoms with Crippen molar-refractivity contribution >= 4 is 6.09 Å². The number of amides is 1. The summed E-state index contributed by atoms with van der Waals surface area (Å²) in [5, 5.41) is 0. The second-order valence-corrected chi connectivity index (χ2v) is 5.75. The highest BCUT2D eigenvalue weighted by Crippen LogP contribution is 2.26. The molecule has 5 nitrogen and oxygen atoms in total. The molecule has 1 amide bonds. The number of carbonyl (C=O) groups excluding carboxylic acids is 1. The maximum atomic E-state index is 11.9. The number of ether oxygens (including phenoxy) is 2. The van der Waals surface area contributed by atoms with E-state index in [9.17, 15) is 4.79 Å². The highest BCUT2D eigenvalue weighted by Gasteiger charge is 2.38. The first-order valence-corrected chi connectivity index (χ1v) is 6.00.